The molecule has 1 rings (SSSR count). The van der Waals surface area contributed by atoms with Crippen LogP contribution in [-0.4, -0.2) is 35.6 Å². The molecule has 1 unspecified atom stereocenters. The molecule has 0 spiro atoms. The maximum Gasteiger partial charge on any atom is 0.340 e. The lowest BCUT2D eigenvalue weighted by atomic mass is 10.2. The summed E-state index contributed by atoms with van der Waals surface area (Å²) in [7, 11) is 1.33. The molecule has 0 fully saturated rings. The van der Waals surface area contributed by atoms with Crippen molar-refractivity contribution in [1.82, 2.24) is 4.98 Å². The minimum Gasteiger partial charge on any atom is -0.465 e. The van der Waals surface area contributed by atoms with Gasteiger partial charge < -0.3 is 15.8 Å². The van der Waals surface area contributed by atoms with Crippen molar-refractivity contribution in [1.29, 1.82) is 0 Å². The van der Waals surface area contributed by atoms with E-state index in [1.807, 2.05) is 11.8 Å². The van der Waals surface area contributed by atoms with E-state index in [2.05, 4.69) is 28.9 Å². The quantitative estimate of drug-likeness (QED) is 0.591. The SMILES string of the molecule is CCSCCC(C)Nc1cc(C(=O)OC)c(N)cn1. The Kier molecular flexibility index (Phi) is 6.49. The van der Waals surface area contributed by atoms with Crippen LogP contribution in [0.2, 0.25) is 0 Å². The minimum atomic E-state index is -0.447. The number of rotatable bonds is 7. The number of nitrogen functional groups attached to an aromatic ring is 1. The molecule has 0 aromatic carbocycles. The summed E-state index contributed by atoms with van der Waals surface area (Å²) in [5, 5.41) is 3.26. The predicted molar refractivity (Wildman–Crippen MR) is 80.7 cm³/mol. The van der Waals surface area contributed by atoms with Gasteiger partial charge in [-0.2, -0.15) is 11.8 Å². The predicted octanol–water partition coefficient (Wildman–Crippen LogP) is 2.39. The lowest BCUT2D eigenvalue weighted by Crippen LogP contribution is -2.18. The third kappa shape index (κ3) is 4.98. The van der Waals surface area contributed by atoms with Gasteiger partial charge in [-0.3, -0.25) is 0 Å². The van der Waals surface area contributed by atoms with Gasteiger partial charge in [0.1, 0.15) is 5.82 Å². The Balaban J connectivity index is 2.66. The number of ether oxygens (including phenoxy) is 1. The normalized spacial score (nSPS) is 11.9. The van der Waals surface area contributed by atoms with Crippen LogP contribution >= 0.6 is 11.8 Å². The van der Waals surface area contributed by atoms with Crippen molar-refractivity contribution in [2.75, 3.05) is 29.7 Å². The third-order valence-corrected chi connectivity index (χ3v) is 3.57. The molecule has 106 valence electrons. The molecular weight excluding hydrogens is 262 g/mol. The second-order valence-electron chi connectivity index (χ2n) is 4.18. The molecule has 3 N–H and O–H groups in total. The summed E-state index contributed by atoms with van der Waals surface area (Å²) < 4.78 is 4.68. The molecule has 1 heterocycles. The van der Waals surface area contributed by atoms with Crippen molar-refractivity contribution in [3.05, 3.63) is 17.8 Å². The molecule has 0 saturated carbocycles. The molecule has 0 aliphatic rings. The molecule has 0 aliphatic carbocycles. The van der Waals surface area contributed by atoms with Crippen LogP contribution in [0, 0.1) is 0 Å². The molecular formula is C13H21N3O2S. The number of anilines is 2. The number of hydrogen-bond donors (Lipinski definition) is 2. The van der Waals surface area contributed by atoms with Gasteiger partial charge in [-0.05, 0) is 30.9 Å². The number of pyridine rings is 1. The summed E-state index contributed by atoms with van der Waals surface area (Å²) in [5.41, 5.74) is 6.37. The Labute approximate surface area is 118 Å². The minimum absolute atomic E-state index is 0.292. The molecule has 0 aliphatic heterocycles. The van der Waals surface area contributed by atoms with Crippen molar-refractivity contribution >= 4 is 29.2 Å². The van der Waals surface area contributed by atoms with Crippen molar-refractivity contribution < 1.29 is 9.53 Å². The monoisotopic (exact) mass is 283 g/mol. The third-order valence-electron chi connectivity index (χ3n) is 2.63. The van der Waals surface area contributed by atoms with E-state index < -0.39 is 5.97 Å². The Morgan fingerprint density at radius 2 is 2.37 bits per heavy atom. The lowest BCUT2D eigenvalue weighted by molar-refractivity contribution is 0.0602. The van der Waals surface area contributed by atoms with Crippen LogP contribution in [0.4, 0.5) is 11.5 Å². The summed E-state index contributed by atoms with van der Waals surface area (Å²) in [6.45, 7) is 4.24. The number of hydrogen-bond acceptors (Lipinski definition) is 6. The second-order valence-corrected chi connectivity index (χ2v) is 5.57. The van der Waals surface area contributed by atoms with E-state index in [1.54, 1.807) is 6.07 Å². The molecule has 19 heavy (non-hydrogen) atoms. The highest BCUT2D eigenvalue weighted by atomic mass is 32.2. The van der Waals surface area contributed by atoms with Crippen molar-refractivity contribution in [3.63, 3.8) is 0 Å². The Hall–Kier alpha value is -1.43. The van der Waals surface area contributed by atoms with E-state index >= 15 is 0 Å². The summed E-state index contributed by atoms with van der Waals surface area (Å²) in [5.74, 6) is 2.42. The van der Waals surface area contributed by atoms with Gasteiger partial charge in [0, 0.05) is 6.04 Å². The highest BCUT2D eigenvalue weighted by Gasteiger charge is 2.12. The fourth-order valence-electron chi connectivity index (χ4n) is 1.56. The van der Waals surface area contributed by atoms with Crippen molar-refractivity contribution in [2.45, 2.75) is 26.3 Å². The number of carbonyl (C=O) groups excluding carboxylic acids is 1. The highest BCUT2D eigenvalue weighted by Crippen LogP contribution is 2.17. The molecule has 1 aromatic heterocycles. The van der Waals surface area contributed by atoms with Gasteiger partial charge in [-0.1, -0.05) is 6.92 Å². The van der Waals surface area contributed by atoms with Crippen molar-refractivity contribution in [2.24, 2.45) is 0 Å². The molecule has 0 amide bonds. The van der Waals surface area contributed by atoms with Crippen LogP contribution in [0.3, 0.4) is 0 Å². The molecule has 0 bridgehead atoms. The number of nitrogens with one attached hydrogen (secondary N) is 1. The summed E-state index contributed by atoms with van der Waals surface area (Å²) in [4.78, 5) is 15.7. The molecule has 6 heteroatoms. The second kappa shape index (κ2) is 7.89. The lowest BCUT2D eigenvalue weighted by Gasteiger charge is -2.15. The van der Waals surface area contributed by atoms with Gasteiger partial charge in [0.25, 0.3) is 0 Å². The number of aromatic nitrogens is 1. The maximum absolute atomic E-state index is 11.5. The van der Waals surface area contributed by atoms with Gasteiger partial charge in [-0.25, -0.2) is 9.78 Å². The number of nitrogens with two attached hydrogens (primary N) is 1. The first-order valence-electron chi connectivity index (χ1n) is 6.26. The number of carbonyl (C=O) groups is 1. The fourth-order valence-corrected chi connectivity index (χ4v) is 2.37. The van der Waals surface area contributed by atoms with Crippen molar-refractivity contribution in [3.8, 4) is 0 Å². The average Bonchev–Trinajstić information content (AvgIpc) is 2.40. The number of nitrogens with zero attached hydrogens (tertiary/aromatic N) is 1. The Morgan fingerprint density at radius 1 is 1.63 bits per heavy atom. The largest absolute Gasteiger partial charge is 0.465 e. The zero-order valence-corrected chi connectivity index (χ0v) is 12.4. The van der Waals surface area contributed by atoms with Gasteiger partial charge in [0.2, 0.25) is 0 Å². The van der Waals surface area contributed by atoms with E-state index in [0.29, 0.717) is 23.1 Å². The highest BCUT2D eigenvalue weighted by molar-refractivity contribution is 7.99. The summed E-state index contributed by atoms with van der Waals surface area (Å²) in [6.07, 6.45) is 2.51. The van der Waals surface area contributed by atoms with Crippen LogP contribution in [0.1, 0.15) is 30.6 Å². The average molecular weight is 283 g/mol. The number of esters is 1. The summed E-state index contributed by atoms with van der Waals surface area (Å²) in [6, 6.07) is 1.92. The van der Waals surface area contributed by atoms with Gasteiger partial charge in [0.15, 0.2) is 0 Å². The van der Waals surface area contributed by atoms with Gasteiger partial charge in [0.05, 0.1) is 24.6 Å². The molecule has 1 aromatic rings. The van der Waals surface area contributed by atoms with E-state index in [-0.39, 0.29) is 0 Å². The van der Waals surface area contributed by atoms with Gasteiger partial charge in [-0.15, -0.1) is 0 Å². The van der Waals surface area contributed by atoms with Crippen LogP contribution in [0.25, 0.3) is 0 Å². The molecule has 0 radical (unpaired) electrons. The van der Waals surface area contributed by atoms with E-state index in [9.17, 15) is 4.79 Å². The smallest absolute Gasteiger partial charge is 0.340 e. The number of thioether (sulfide) groups is 1. The Bertz CT molecular complexity index is 426. The maximum atomic E-state index is 11.5. The standard InChI is InChI=1S/C13H21N3O2S/c1-4-19-6-5-9(2)16-12-7-10(13(17)18-3)11(14)8-15-12/h7-9H,4-6,14H2,1-3H3,(H,15,16). The fraction of sp³-hybridized carbons (Fsp3) is 0.538. The molecule has 5 nitrogen and oxygen atoms in total. The van der Waals surface area contributed by atoms with Crippen LogP contribution in [-0.2, 0) is 4.74 Å². The first-order chi connectivity index (χ1) is 9.08. The zero-order chi connectivity index (χ0) is 14.3. The van der Waals surface area contributed by atoms with E-state index in [4.69, 9.17) is 5.73 Å². The summed E-state index contributed by atoms with van der Waals surface area (Å²) >= 11 is 1.91. The number of methoxy groups -OCH3 is 1. The van der Waals surface area contributed by atoms with Gasteiger partial charge >= 0.3 is 5.97 Å². The molecule has 1 atom stereocenters. The van der Waals surface area contributed by atoms with Crippen LogP contribution in [0.15, 0.2) is 12.3 Å². The van der Waals surface area contributed by atoms with E-state index in [1.165, 1.54) is 13.3 Å². The Morgan fingerprint density at radius 3 is 3.00 bits per heavy atom. The van der Waals surface area contributed by atoms with Crippen LogP contribution in [0.5, 0.6) is 0 Å². The van der Waals surface area contributed by atoms with E-state index in [0.717, 1.165) is 17.9 Å². The van der Waals surface area contributed by atoms with Crippen LogP contribution < -0.4 is 11.1 Å². The molecule has 0 saturated heterocycles. The zero-order valence-electron chi connectivity index (χ0n) is 11.6. The first kappa shape index (κ1) is 15.6. The first-order valence-corrected chi connectivity index (χ1v) is 7.42. The topological polar surface area (TPSA) is 77.2 Å².